The molecule has 0 unspecified atom stereocenters. The first-order valence-corrected chi connectivity index (χ1v) is 10.3. The Balaban J connectivity index is 1.79. The number of carbonyl (C=O) groups is 1. The van der Waals surface area contributed by atoms with E-state index in [0.717, 1.165) is 11.1 Å². The number of halogens is 1. The molecule has 0 aliphatic rings. The number of nitriles is 1. The molecule has 0 aliphatic carbocycles. The quantitative estimate of drug-likeness (QED) is 0.361. The van der Waals surface area contributed by atoms with E-state index in [1.807, 2.05) is 50.2 Å². The first-order chi connectivity index (χ1) is 15.9. The minimum absolute atomic E-state index is 0.0681. The normalized spacial score (nSPS) is 11.6. The zero-order valence-corrected chi connectivity index (χ0v) is 18.5. The number of hydrogen-bond acceptors (Lipinski definition) is 7. The van der Waals surface area contributed by atoms with Crippen LogP contribution in [0.1, 0.15) is 40.3 Å². The van der Waals surface area contributed by atoms with Gasteiger partial charge >= 0.3 is 5.97 Å². The van der Waals surface area contributed by atoms with E-state index in [1.165, 1.54) is 6.07 Å². The van der Waals surface area contributed by atoms with Gasteiger partial charge in [-0.2, -0.15) is 5.26 Å². The van der Waals surface area contributed by atoms with Crippen molar-refractivity contribution in [2.24, 2.45) is 0 Å². The highest BCUT2D eigenvalue weighted by Gasteiger charge is 2.20. The average Bonchev–Trinajstić information content (AvgIpc) is 2.80. The third-order valence-electron chi connectivity index (χ3n) is 4.88. The fourth-order valence-corrected chi connectivity index (χ4v) is 3.56. The van der Waals surface area contributed by atoms with Gasteiger partial charge in [0.2, 0.25) is 5.69 Å². The number of anilines is 1. The first kappa shape index (κ1) is 22.0. The second-order valence-corrected chi connectivity index (χ2v) is 7.71. The molecule has 0 saturated carbocycles. The van der Waals surface area contributed by atoms with Gasteiger partial charge in [-0.05, 0) is 49.7 Å². The smallest absolute Gasteiger partial charge is 0.356 e. The lowest BCUT2D eigenvalue weighted by molar-refractivity contribution is 0.0691. The van der Waals surface area contributed by atoms with Gasteiger partial charge < -0.3 is 15.2 Å². The number of hydrogen-bond donors (Lipinski definition) is 2. The van der Waals surface area contributed by atoms with Crippen molar-refractivity contribution in [2.75, 3.05) is 5.32 Å². The maximum Gasteiger partial charge on any atom is 0.356 e. The SMILES string of the molecule is Cc1cc([C@@H](C)Nc2ccc(Cl)nc2C(=O)O)c2nc(Oc3ccccc3)c(C#N)nc2c1. The minimum atomic E-state index is -1.20. The summed E-state index contributed by atoms with van der Waals surface area (Å²) in [7, 11) is 0. The van der Waals surface area contributed by atoms with E-state index in [1.54, 1.807) is 18.2 Å². The maximum absolute atomic E-state index is 11.6. The van der Waals surface area contributed by atoms with Crippen molar-refractivity contribution < 1.29 is 14.6 Å². The number of fused-ring (bicyclic) bond motifs is 1. The van der Waals surface area contributed by atoms with Crippen molar-refractivity contribution in [3.8, 4) is 17.7 Å². The number of carboxylic acid groups (broad SMARTS) is 1. The van der Waals surface area contributed by atoms with Gasteiger partial charge in [-0.25, -0.2) is 19.7 Å². The number of ether oxygens (including phenoxy) is 1. The standard InChI is InChI=1S/C24H18ClN5O3/c1-13-10-16(14(2)27-17-8-9-20(25)29-22(17)24(31)32)21-18(11-13)28-19(12-26)23(30-21)33-15-6-4-3-5-7-15/h3-11,14,27H,1-2H3,(H,31,32)/t14-/m1/s1. The fraction of sp³-hybridized carbons (Fsp3) is 0.125. The number of rotatable bonds is 6. The lowest BCUT2D eigenvalue weighted by atomic mass is 10.0. The summed E-state index contributed by atoms with van der Waals surface area (Å²) in [4.78, 5) is 24.6. The zero-order valence-electron chi connectivity index (χ0n) is 17.7. The molecule has 8 nitrogen and oxygen atoms in total. The van der Waals surface area contributed by atoms with E-state index in [9.17, 15) is 15.2 Å². The van der Waals surface area contributed by atoms with Gasteiger partial charge in [0.25, 0.3) is 5.88 Å². The number of aromatic carboxylic acids is 1. The van der Waals surface area contributed by atoms with Gasteiger partial charge in [0.05, 0.1) is 22.8 Å². The highest BCUT2D eigenvalue weighted by molar-refractivity contribution is 6.29. The molecular weight excluding hydrogens is 442 g/mol. The molecule has 4 aromatic rings. The number of carboxylic acids is 1. The summed E-state index contributed by atoms with van der Waals surface area (Å²) in [5.41, 5.74) is 2.93. The molecule has 0 saturated heterocycles. The number of pyridine rings is 1. The van der Waals surface area contributed by atoms with Crippen LogP contribution in [0.15, 0.2) is 54.6 Å². The monoisotopic (exact) mass is 459 g/mol. The Labute approximate surface area is 194 Å². The third-order valence-corrected chi connectivity index (χ3v) is 5.09. The van der Waals surface area contributed by atoms with Crippen LogP contribution in [0.4, 0.5) is 5.69 Å². The predicted octanol–water partition coefficient (Wildman–Crippen LogP) is 5.52. The molecular formula is C24H18ClN5O3. The molecule has 164 valence electrons. The van der Waals surface area contributed by atoms with Crippen molar-refractivity contribution in [2.45, 2.75) is 19.9 Å². The number of nitrogens with one attached hydrogen (secondary N) is 1. The van der Waals surface area contributed by atoms with Gasteiger partial charge in [-0.15, -0.1) is 0 Å². The number of aromatic nitrogens is 3. The fourth-order valence-electron chi connectivity index (χ4n) is 3.42. The molecule has 0 fully saturated rings. The van der Waals surface area contributed by atoms with Crippen LogP contribution in [0.3, 0.4) is 0 Å². The van der Waals surface area contributed by atoms with Crippen LogP contribution >= 0.6 is 11.6 Å². The van der Waals surface area contributed by atoms with Gasteiger partial charge in [0, 0.05) is 5.56 Å². The van der Waals surface area contributed by atoms with Crippen molar-refractivity contribution in [3.05, 3.63) is 82.3 Å². The molecule has 1 atom stereocenters. The molecule has 4 rings (SSSR count). The highest BCUT2D eigenvalue weighted by atomic mass is 35.5. The molecule has 9 heteroatoms. The van der Waals surface area contributed by atoms with E-state index in [4.69, 9.17) is 16.3 Å². The lowest BCUT2D eigenvalue weighted by Gasteiger charge is -2.19. The Morgan fingerprint density at radius 2 is 1.91 bits per heavy atom. The maximum atomic E-state index is 11.6. The number of nitrogens with zero attached hydrogens (tertiary/aromatic N) is 4. The summed E-state index contributed by atoms with van der Waals surface area (Å²) < 4.78 is 5.84. The lowest BCUT2D eigenvalue weighted by Crippen LogP contribution is -2.13. The van der Waals surface area contributed by atoms with Gasteiger partial charge in [0.1, 0.15) is 17.0 Å². The van der Waals surface area contributed by atoms with Gasteiger partial charge in [-0.1, -0.05) is 35.9 Å². The van der Waals surface area contributed by atoms with E-state index < -0.39 is 5.97 Å². The third kappa shape index (κ3) is 4.68. The molecule has 0 radical (unpaired) electrons. The molecule has 0 spiro atoms. The Bertz CT molecular complexity index is 1400. The minimum Gasteiger partial charge on any atom is -0.476 e. The van der Waals surface area contributed by atoms with Crippen LogP contribution in [-0.4, -0.2) is 26.0 Å². The van der Waals surface area contributed by atoms with Gasteiger partial charge in [-0.3, -0.25) is 0 Å². The molecule has 0 amide bonds. The topological polar surface area (TPSA) is 121 Å². The van der Waals surface area contributed by atoms with Crippen LogP contribution in [-0.2, 0) is 0 Å². The van der Waals surface area contributed by atoms with Crippen molar-refractivity contribution in [1.29, 1.82) is 5.26 Å². The van der Waals surface area contributed by atoms with Crippen LogP contribution in [0.25, 0.3) is 11.0 Å². The van der Waals surface area contributed by atoms with Crippen molar-refractivity contribution >= 4 is 34.3 Å². The van der Waals surface area contributed by atoms with E-state index in [-0.39, 0.29) is 28.5 Å². The van der Waals surface area contributed by atoms with Crippen LogP contribution < -0.4 is 10.1 Å². The Hall–Kier alpha value is -4.22. The largest absolute Gasteiger partial charge is 0.476 e. The van der Waals surface area contributed by atoms with Crippen LogP contribution in [0, 0.1) is 18.3 Å². The highest BCUT2D eigenvalue weighted by Crippen LogP contribution is 2.31. The summed E-state index contributed by atoms with van der Waals surface area (Å²) in [5.74, 6) is -0.577. The summed E-state index contributed by atoms with van der Waals surface area (Å²) in [5, 5.41) is 22.3. The number of para-hydroxylation sites is 1. The van der Waals surface area contributed by atoms with E-state index >= 15 is 0 Å². The molecule has 0 bridgehead atoms. The molecule has 33 heavy (non-hydrogen) atoms. The molecule has 2 N–H and O–H groups in total. The summed E-state index contributed by atoms with van der Waals surface area (Å²) in [6.07, 6.45) is 0. The zero-order chi connectivity index (χ0) is 23.5. The first-order valence-electron chi connectivity index (χ1n) is 9.97. The Kier molecular flexibility index (Phi) is 6.07. The summed E-state index contributed by atoms with van der Waals surface area (Å²) in [6, 6.07) is 17.5. The van der Waals surface area contributed by atoms with Crippen molar-refractivity contribution in [1.82, 2.24) is 15.0 Å². The second kappa shape index (κ2) is 9.10. The molecule has 2 aromatic carbocycles. The van der Waals surface area contributed by atoms with Crippen LogP contribution in [0.5, 0.6) is 11.6 Å². The predicted molar refractivity (Wildman–Crippen MR) is 124 cm³/mol. The number of aryl methyl sites for hydroxylation is 1. The van der Waals surface area contributed by atoms with Crippen molar-refractivity contribution in [3.63, 3.8) is 0 Å². The van der Waals surface area contributed by atoms with E-state index in [0.29, 0.717) is 22.5 Å². The number of benzene rings is 2. The second-order valence-electron chi connectivity index (χ2n) is 7.33. The van der Waals surface area contributed by atoms with Gasteiger partial charge in [0.15, 0.2) is 5.69 Å². The molecule has 0 aliphatic heterocycles. The summed E-state index contributed by atoms with van der Waals surface area (Å²) in [6.45, 7) is 3.77. The van der Waals surface area contributed by atoms with E-state index in [2.05, 4.69) is 20.3 Å². The Morgan fingerprint density at radius 1 is 1.15 bits per heavy atom. The average molecular weight is 460 g/mol. The summed E-state index contributed by atoms with van der Waals surface area (Å²) >= 11 is 5.87. The Morgan fingerprint density at radius 3 is 2.61 bits per heavy atom. The van der Waals surface area contributed by atoms with Crippen LogP contribution in [0.2, 0.25) is 5.15 Å². The molecule has 2 heterocycles. The molecule has 2 aromatic heterocycles.